The molecule has 1 aliphatic rings. The molecule has 0 aliphatic carbocycles. The van der Waals surface area contributed by atoms with Crippen molar-refractivity contribution in [3.63, 3.8) is 0 Å². The molecule has 0 aromatic heterocycles. The zero-order chi connectivity index (χ0) is 24.2. The molecule has 7 nitrogen and oxygen atoms in total. The lowest BCUT2D eigenvalue weighted by atomic mass is 10.0. The number of carbonyl (C=O) groups is 2. The highest BCUT2D eigenvalue weighted by atomic mass is 35.5. The van der Waals surface area contributed by atoms with E-state index in [9.17, 15) is 18.0 Å². The molecule has 1 fully saturated rings. The third-order valence-corrected chi connectivity index (χ3v) is 7.88. The van der Waals surface area contributed by atoms with E-state index < -0.39 is 15.9 Å². The first-order valence-corrected chi connectivity index (χ1v) is 12.9. The van der Waals surface area contributed by atoms with Crippen molar-refractivity contribution in [2.45, 2.75) is 38.5 Å². The standard InChI is InChI=1S/C24H30ClN3O4S/c1-16(2)15-26-23(29)19-6-4-5-7-22(19)27-24(30)20-14-18(8-9-21(20)25)33(31,32)28-12-10-17(3)11-13-28/h4-9,14,16-17H,10-13,15H2,1-3H3,(H,26,29)(H,27,30). The molecule has 2 aromatic rings. The number of amides is 2. The van der Waals surface area contributed by atoms with Crippen LogP contribution in [0.1, 0.15) is 54.3 Å². The van der Waals surface area contributed by atoms with Crippen LogP contribution in [-0.4, -0.2) is 44.2 Å². The summed E-state index contributed by atoms with van der Waals surface area (Å²) in [5.74, 6) is -0.127. The van der Waals surface area contributed by atoms with E-state index in [0.717, 1.165) is 12.8 Å². The van der Waals surface area contributed by atoms with Gasteiger partial charge in [0.25, 0.3) is 11.8 Å². The van der Waals surface area contributed by atoms with E-state index in [1.54, 1.807) is 24.3 Å². The van der Waals surface area contributed by atoms with Gasteiger partial charge in [-0.15, -0.1) is 0 Å². The Kier molecular flexibility index (Phi) is 8.15. The number of nitrogens with zero attached hydrogens (tertiary/aromatic N) is 1. The summed E-state index contributed by atoms with van der Waals surface area (Å²) in [6, 6.07) is 10.8. The summed E-state index contributed by atoms with van der Waals surface area (Å²) in [4.78, 5) is 25.6. The SMILES string of the molecule is CC(C)CNC(=O)c1ccccc1NC(=O)c1cc(S(=O)(=O)N2CCC(C)CC2)ccc1Cl. The van der Waals surface area contributed by atoms with Crippen LogP contribution in [0.25, 0.3) is 0 Å². The number of halogens is 1. The predicted molar refractivity (Wildman–Crippen MR) is 130 cm³/mol. The maximum atomic E-state index is 13.1. The molecule has 1 heterocycles. The smallest absolute Gasteiger partial charge is 0.257 e. The van der Waals surface area contributed by atoms with E-state index in [4.69, 9.17) is 11.6 Å². The van der Waals surface area contributed by atoms with Crippen LogP contribution in [0, 0.1) is 11.8 Å². The van der Waals surface area contributed by atoms with Crippen LogP contribution in [0.15, 0.2) is 47.4 Å². The first-order chi connectivity index (χ1) is 15.6. The molecule has 178 valence electrons. The summed E-state index contributed by atoms with van der Waals surface area (Å²) in [6.07, 6.45) is 1.60. The van der Waals surface area contributed by atoms with E-state index >= 15 is 0 Å². The molecule has 0 unspecified atom stereocenters. The Labute approximate surface area is 200 Å². The number of benzene rings is 2. The predicted octanol–water partition coefficient (Wildman–Crippen LogP) is 4.40. The van der Waals surface area contributed by atoms with Gasteiger partial charge in [-0.25, -0.2) is 8.42 Å². The van der Waals surface area contributed by atoms with E-state index in [1.807, 2.05) is 13.8 Å². The number of nitrogens with one attached hydrogen (secondary N) is 2. The highest BCUT2D eigenvalue weighted by Gasteiger charge is 2.29. The van der Waals surface area contributed by atoms with Gasteiger partial charge >= 0.3 is 0 Å². The summed E-state index contributed by atoms with van der Waals surface area (Å²) in [6.45, 7) is 7.49. The Hall–Kier alpha value is -2.42. The second-order valence-electron chi connectivity index (χ2n) is 8.83. The highest BCUT2D eigenvalue weighted by Crippen LogP contribution is 2.27. The van der Waals surface area contributed by atoms with Crippen LogP contribution in [0.5, 0.6) is 0 Å². The van der Waals surface area contributed by atoms with Crippen LogP contribution in [0.3, 0.4) is 0 Å². The second-order valence-corrected chi connectivity index (χ2v) is 11.2. The summed E-state index contributed by atoms with van der Waals surface area (Å²) in [5.41, 5.74) is 0.660. The Morgan fingerprint density at radius 3 is 2.39 bits per heavy atom. The van der Waals surface area contributed by atoms with Crippen LogP contribution >= 0.6 is 11.6 Å². The van der Waals surface area contributed by atoms with Gasteiger partial charge in [-0.1, -0.05) is 44.5 Å². The Bertz CT molecular complexity index is 1130. The molecule has 2 aromatic carbocycles. The zero-order valence-corrected chi connectivity index (χ0v) is 20.7. The molecule has 0 bridgehead atoms. The molecule has 0 spiro atoms. The first-order valence-electron chi connectivity index (χ1n) is 11.1. The van der Waals surface area contributed by atoms with Crippen molar-refractivity contribution in [1.29, 1.82) is 0 Å². The van der Waals surface area contributed by atoms with Gasteiger partial charge in [0.15, 0.2) is 0 Å². The average Bonchev–Trinajstić information content (AvgIpc) is 2.78. The maximum Gasteiger partial charge on any atom is 0.257 e. The summed E-state index contributed by atoms with van der Waals surface area (Å²) in [7, 11) is -3.74. The minimum atomic E-state index is -3.74. The van der Waals surface area contributed by atoms with Crippen molar-refractivity contribution in [2.75, 3.05) is 25.0 Å². The Morgan fingerprint density at radius 1 is 1.06 bits per heavy atom. The second kappa shape index (κ2) is 10.7. The Morgan fingerprint density at radius 2 is 1.73 bits per heavy atom. The topological polar surface area (TPSA) is 95.6 Å². The van der Waals surface area contributed by atoms with Gasteiger partial charge in [-0.3, -0.25) is 9.59 Å². The average molecular weight is 492 g/mol. The molecule has 2 amide bonds. The summed E-state index contributed by atoms with van der Waals surface area (Å²) in [5, 5.41) is 5.66. The highest BCUT2D eigenvalue weighted by molar-refractivity contribution is 7.89. The number of hydrogen-bond acceptors (Lipinski definition) is 4. The molecular formula is C24H30ClN3O4S. The molecular weight excluding hydrogens is 462 g/mol. The number of carbonyl (C=O) groups excluding carboxylic acids is 2. The fourth-order valence-corrected chi connectivity index (χ4v) is 5.28. The third kappa shape index (κ3) is 6.13. The van der Waals surface area contributed by atoms with Crippen molar-refractivity contribution in [1.82, 2.24) is 9.62 Å². The normalized spacial score (nSPS) is 15.4. The largest absolute Gasteiger partial charge is 0.352 e. The number of para-hydroxylation sites is 1. The van der Waals surface area contributed by atoms with Gasteiger partial charge < -0.3 is 10.6 Å². The van der Waals surface area contributed by atoms with Crippen molar-refractivity contribution in [2.24, 2.45) is 11.8 Å². The summed E-state index contributed by atoms with van der Waals surface area (Å²) >= 11 is 6.25. The molecule has 0 atom stereocenters. The lowest BCUT2D eigenvalue weighted by Gasteiger charge is -2.29. The van der Waals surface area contributed by atoms with Crippen LogP contribution in [-0.2, 0) is 10.0 Å². The van der Waals surface area contributed by atoms with Gasteiger partial charge in [0.2, 0.25) is 10.0 Å². The first kappa shape index (κ1) is 25.2. The van der Waals surface area contributed by atoms with Crippen molar-refractivity contribution < 1.29 is 18.0 Å². The van der Waals surface area contributed by atoms with Gasteiger partial charge in [0.05, 0.1) is 26.7 Å². The van der Waals surface area contributed by atoms with E-state index in [1.165, 1.54) is 22.5 Å². The molecule has 9 heteroatoms. The molecule has 1 aliphatic heterocycles. The number of piperidine rings is 1. The van der Waals surface area contributed by atoms with Gasteiger partial charge in [0, 0.05) is 19.6 Å². The fourth-order valence-electron chi connectivity index (χ4n) is 3.58. The van der Waals surface area contributed by atoms with Crippen LogP contribution < -0.4 is 10.6 Å². The fraction of sp³-hybridized carbons (Fsp3) is 0.417. The molecule has 3 rings (SSSR count). The maximum absolute atomic E-state index is 13.1. The number of rotatable bonds is 7. The lowest BCUT2D eigenvalue weighted by molar-refractivity contribution is 0.0950. The number of anilines is 1. The quantitative estimate of drug-likeness (QED) is 0.600. The Balaban J connectivity index is 1.84. The molecule has 0 radical (unpaired) electrons. The van der Waals surface area contributed by atoms with Gasteiger partial charge in [0.1, 0.15) is 0 Å². The minimum absolute atomic E-state index is 0.0227. The summed E-state index contributed by atoms with van der Waals surface area (Å²) < 4.78 is 27.7. The molecule has 2 N–H and O–H groups in total. The molecule has 0 saturated carbocycles. The monoisotopic (exact) mass is 491 g/mol. The minimum Gasteiger partial charge on any atom is -0.352 e. The number of sulfonamides is 1. The van der Waals surface area contributed by atoms with E-state index in [0.29, 0.717) is 36.8 Å². The van der Waals surface area contributed by atoms with Crippen LogP contribution in [0.4, 0.5) is 5.69 Å². The van der Waals surface area contributed by atoms with E-state index in [-0.39, 0.29) is 27.3 Å². The van der Waals surface area contributed by atoms with E-state index in [2.05, 4.69) is 17.6 Å². The van der Waals surface area contributed by atoms with Crippen molar-refractivity contribution >= 4 is 39.1 Å². The van der Waals surface area contributed by atoms with Gasteiger partial charge in [-0.05, 0) is 55.0 Å². The molecule has 33 heavy (non-hydrogen) atoms. The third-order valence-electron chi connectivity index (χ3n) is 5.65. The number of hydrogen-bond donors (Lipinski definition) is 2. The lowest BCUT2D eigenvalue weighted by Crippen LogP contribution is -2.38. The van der Waals surface area contributed by atoms with Gasteiger partial charge in [-0.2, -0.15) is 4.31 Å². The van der Waals surface area contributed by atoms with Crippen molar-refractivity contribution in [3.05, 3.63) is 58.6 Å². The van der Waals surface area contributed by atoms with Crippen molar-refractivity contribution in [3.8, 4) is 0 Å². The molecule has 1 saturated heterocycles. The van der Waals surface area contributed by atoms with Crippen LogP contribution in [0.2, 0.25) is 5.02 Å². The zero-order valence-electron chi connectivity index (χ0n) is 19.1.